The Morgan fingerprint density at radius 3 is 2.39 bits per heavy atom. The molecule has 0 atom stereocenters. The zero-order chi connectivity index (χ0) is 16.9. The SMILES string of the molecule is CCN(CC(=O)NC1CCCCC1)S(=O)(=O)c1ccc(Br)cc1. The fourth-order valence-corrected chi connectivity index (χ4v) is 4.47. The van der Waals surface area contributed by atoms with Crippen molar-refractivity contribution < 1.29 is 13.2 Å². The van der Waals surface area contributed by atoms with Crippen molar-refractivity contribution in [3.63, 3.8) is 0 Å². The lowest BCUT2D eigenvalue weighted by atomic mass is 9.95. The van der Waals surface area contributed by atoms with E-state index in [1.54, 1.807) is 31.2 Å². The summed E-state index contributed by atoms with van der Waals surface area (Å²) in [6.07, 6.45) is 5.43. The Morgan fingerprint density at radius 1 is 1.22 bits per heavy atom. The van der Waals surface area contributed by atoms with Gasteiger partial charge in [0.25, 0.3) is 0 Å². The third-order valence-electron chi connectivity index (χ3n) is 4.09. The van der Waals surface area contributed by atoms with E-state index in [1.807, 2.05) is 0 Å². The number of carbonyl (C=O) groups excluding carboxylic acids is 1. The topological polar surface area (TPSA) is 66.5 Å². The van der Waals surface area contributed by atoms with Crippen molar-refractivity contribution in [2.24, 2.45) is 0 Å². The largest absolute Gasteiger partial charge is 0.352 e. The van der Waals surface area contributed by atoms with Gasteiger partial charge in [0.05, 0.1) is 11.4 Å². The van der Waals surface area contributed by atoms with E-state index >= 15 is 0 Å². The van der Waals surface area contributed by atoms with Crippen LogP contribution < -0.4 is 5.32 Å². The maximum absolute atomic E-state index is 12.6. The summed E-state index contributed by atoms with van der Waals surface area (Å²) in [6, 6.07) is 6.64. The molecule has 7 heteroatoms. The number of hydrogen-bond acceptors (Lipinski definition) is 3. The van der Waals surface area contributed by atoms with Crippen molar-refractivity contribution in [1.82, 2.24) is 9.62 Å². The number of halogens is 1. The van der Waals surface area contributed by atoms with Crippen molar-refractivity contribution in [2.75, 3.05) is 13.1 Å². The summed E-state index contributed by atoms with van der Waals surface area (Å²) in [7, 11) is -3.65. The van der Waals surface area contributed by atoms with Gasteiger partial charge in [0, 0.05) is 17.1 Å². The summed E-state index contributed by atoms with van der Waals surface area (Å²) >= 11 is 3.29. The van der Waals surface area contributed by atoms with Crippen LogP contribution in [0.4, 0.5) is 0 Å². The normalized spacial score (nSPS) is 16.5. The van der Waals surface area contributed by atoms with Crippen molar-refractivity contribution >= 4 is 31.9 Å². The number of nitrogens with one attached hydrogen (secondary N) is 1. The Morgan fingerprint density at radius 2 is 1.83 bits per heavy atom. The molecule has 2 rings (SSSR count). The number of amides is 1. The van der Waals surface area contributed by atoms with E-state index in [4.69, 9.17) is 0 Å². The number of rotatable bonds is 6. The first kappa shape index (κ1) is 18.4. The highest BCUT2D eigenvalue weighted by Gasteiger charge is 2.26. The van der Waals surface area contributed by atoms with E-state index in [0.717, 1.165) is 30.2 Å². The van der Waals surface area contributed by atoms with Crippen LogP contribution in [0, 0.1) is 0 Å². The van der Waals surface area contributed by atoms with Crippen LogP contribution in [-0.4, -0.2) is 37.8 Å². The molecule has 1 aliphatic rings. The van der Waals surface area contributed by atoms with Crippen LogP contribution in [0.5, 0.6) is 0 Å². The summed E-state index contributed by atoms with van der Waals surface area (Å²) in [4.78, 5) is 12.4. The molecule has 1 amide bonds. The summed E-state index contributed by atoms with van der Waals surface area (Å²) in [6.45, 7) is 1.87. The van der Waals surface area contributed by atoms with E-state index in [9.17, 15) is 13.2 Å². The standard InChI is InChI=1S/C16H23BrN2O3S/c1-2-19(12-16(20)18-14-6-4-3-5-7-14)23(21,22)15-10-8-13(17)9-11-15/h8-11,14H,2-7,12H2,1H3,(H,18,20). The molecule has 5 nitrogen and oxygen atoms in total. The van der Waals surface area contributed by atoms with Gasteiger partial charge in [-0.3, -0.25) is 4.79 Å². The predicted octanol–water partition coefficient (Wildman–Crippen LogP) is 2.91. The molecule has 0 radical (unpaired) electrons. The quantitative estimate of drug-likeness (QED) is 0.795. The fraction of sp³-hybridized carbons (Fsp3) is 0.562. The molecule has 1 aliphatic carbocycles. The molecule has 1 saturated carbocycles. The molecule has 0 saturated heterocycles. The van der Waals surface area contributed by atoms with Gasteiger partial charge in [-0.05, 0) is 37.1 Å². The van der Waals surface area contributed by atoms with Crippen molar-refractivity contribution in [3.05, 3.63) is 28.7 Å². The Balaban J connectivity index is 2.03. The summed E-state index contributed by atoms with van der Waals surface area (Å²) in [5.74, 6) is -0.223. The van der Waals surface area contributed by atoms with Gasteiger partial charge in [-0.2, -0.15) is 4.31 Å². The lowest BCUT2D eigenvalue weighted by Crippen LogP contribution is -2.44. The second kappa shape index (κ2) is 8.26. The first-order valence-corrected chi connectivity index (χ1v) is 10.2. The van der Waals surface area contributed by atoms with Gasteiger partial charge < -0.3 is 5.32 Å². The average Bonchev–Trinajstić information content (AvgIpc) is 2.53. The highest BCUT2D eigenvalue weighted by molar-refractivity contribution is 9.10. The van der Waals surface area contributed by atoms with E-state index in [1.165, 1.54) is 10.7 Å². The first-order chi connectivity index (χ1) is 10.9. The van der Waals surface area contributed by atoms with Crippen LogP contribution in [0.15, 0.2) is 33.6 Å². The molecule has 0 unspecified atom stereocenters. The molecule has 0 aliphatic heterocycles. The highest BCUT2D eigenvalue weighted by atomic mass is 79.9. The van der Waals surface area contributed by atoms with Gasteiger partial charge >= 0.3 is 0 Å². The third-order valence-corrected chi connectivity index (χ3v) is 6.56. The van der Waals surface area contributed by atoms with E-state index in [0.29, 0.717) is 0 Å². The summed E-state index contributed by atoms with van der Waals surface area (Å²) in [5, 5.41) is 2.96. The Kier molecular flexibility index (Phi) is 6.61. The number of carbonyl (C=O) groups is 1. The summed E-state index contributed by atoms with van der Waals surface area (Å²) in [5.41, 5.74) is 0. The van der Waals surface area contributed by atoms with Gasteiger partial charge in [-0.15, -0.1) is 0 Å². The highest BCUT2D eigenvalue weighted by Crippen LogP contribution is 2.19. The molecular weight excluding hydrogens is 380 g/mol. The Bertz CT molecular complexity index is 625. The maximum Gasteiger partial charge on any atom is 0.243 e. The zero-order valence-electron chi connectivity index (χ0n) is 13.3. The lowest BCUT2D eigenvalue weighted by molar-refractivity contribution is -0.122. The molecule has 1 N–H and O–H groups in total. The summed E-state index contributed by atoms with van der Waals surface area (Å²) < 4.78 is 27.3. The van der Waals surface area contributed by atoms with Crippen LogP contribution in [0.1, 0.15) is 39.0 Å². The van der Waals surface area contributed by atoms with Gasteiger partial charge in [0.1, 0.15) is 0 Å². The van der Waals surface area contributed by atoms with Crippen LogP contribution in [-0.2, 0) is 14.8 Å². The molecule has 0 heterocycles. The Hall–Kier alpha value is -0.920. The molecule has 0 spiro atoms. The molecule has 23 heavy (non-hydrogen) atoms. The van der Waals surface area contributed by atoms with Gasteiger partial charge in [-0.1, -0.05) is 42.1 Å². The Labute approximate surface area is 146 Å². The van der Waals surface area contributed by atoms with E-state index < -0.39 is 10.0 Å². The van der Waals surface area contributed by atoms with Crippen molar-refractivity contribution in [3.8, 4) is 0 Å². The monoisotopic (exact) mass is 402 g/mol. The fourth-order valence-electron chi connectivity index (χ4n) is 2.80. The zero-order valence-corrected chi connectivity index (χ0v) is 15.7. The minimum absolute atomic E-state index is 0.134. The molecule has 1 aromatic rings. The van der Waals surface area contributed by atoms with Gasteiger partial charge in [-0.25, -0.2) is 8.42 Å². The molecule has 0 aromatic heterocycles. The second-order valence-electron chi connectivity index (χ2n) is 5.79. The minimum atomic E-state index is -3.65. The number of hydrogen-bond donors (Lipinski definition) is 1. The molecular formula is C16H23BrN2O3S. The second-order valence-corrected chi connectivity index (χ2v) is 8.64. The van der Waals surface area contributed by atoms with Crippen molar-refractivity contribution in [1.29, 1.82) is 0 Å². The van der Waals surface area contributed by atoms with Crippen LogP contribution in [0.2, 0.25) is 0 Å². The third kappa shape index (κ3) is 5.02. The number of benzene rings is 1. The number of likely N-dealkylation sites (N-methyl/N-ethyl adjacent to an activating group) is 1. The molecule has 1 fully saturated rings. The van der Waals surface area contributed by atoms with E-state index in [2.05, 4.69) is 21.2 Å². The lowest BCUT2D eigenvalue weighted by Gasteiger charge is -2.25. The first-order valence-electron chi connectivity index (χ1n) is 7.98. The van der Waals surface area contributed by atoms with Crippen LogP contribution in [0.25, 0.3) is 0 Å². The van der Waals surface area contributed by atoms with Gasteiger partial charge in [0.15, 0.2) is 0 Å². The molecule has 1 aromatic carbocycles. The average molecular weight is 403 g/mol. The smallest absolute Gasteiger partial charge is 0.243 e. The number of sulfonamides is 1. The predicted molar refractivity (Wildman–Crippen MR) is 93.6 cm³/mol. The van der Waals surface area contributed by atoms with E-state index in [-0.39, 0.29) is 29.9 Å². The molecule has 0 bridgehead atoms. The van der Waals surface area contributed by atoms with Gasteiger partial charge in [0.2, 0.25) is 15.9 Å². The van der Waals surface area contributed by atoms with Crippen LogP contribution in [0.3, 0.4) is 0 Å². The minimum Gasteiger partial charge on any atom is -0.352 e. The number of nitrogens with zero attached hydrogens (tertiary/aromatic N) is 1. The molecule has 128 valence electrons. The maximum atomic E-state index is 12.6. The van der Waals surface area contributed by atoms with Crippen molar-refractivity contribution in [2.45, 2.75) is 50.0 Å². The van der Waals surface area contributed by atoms with Crippen LogP contribution >= 0.6 is 15.9 Å².